The third kappa shape index (κ3) is 12.7. The summed E-state index contributed by atoms with van der Waals surface area (Å²) in [5.74, 6) is -0.462. The first-order valence-electron chi connectivity index (χ1n) is 6.16. The van der Waals surface area contributed by atoms with Gasteiger partial charge < -0.3 is 14.8 Å². The molecule has 0 heterocycles. The number of alkyl carbamates (subject to hydrolysis) is 1. The molecule has 0 spiro atoms. The number of carbonyl (C=O) groups excluding carboxylic acids is 2. The van der Waals surface area contributed by atoms with Crippen LogP contribution < -0.4 is 5.32 Å². The van der Waals surface area contributed by atoms with Crippen LogP contribution in [0.1, 0.15) is 48.0 Å². The maximum Gasteiger partial charge on any atom is 0.407 e. The van der Waals surface area contributed by atoms with Crippen molar-refractivity contribution in [3.05, 3.63) is 0 Å². The standard InChI is InChI=1S/C8H15NO4.2C2H6/c1-4-6(7(10)12-3)9-8(11)13-5-2;2*1-2/h6H,4-5H2,1-3H3,(H,9,11);2*1-2H3. The summed E-state index contributed by atoms with van der Waals surface area (Å²) >= 11 is 0. The van der Waals surface area contributed by atoms with Gasteiger partial charge in [0.2, 0.25) is 0 Å². The minimum absolute atomic E-state index is 0.281. The average molecular weight is 249 g/mol. The number of carbonyl (C=O) groups is 2. The summed E-state index contributed by atoms with van der Waals surface area (Å²) in [6.07, 6.45) is -0.120. The number of methoxy groups -OCH3 is 1. The van der Waals surface area contributed by atoms with Gasteiger partial charge in [-0.2, -0.15) is 0 Å². The van der Waals surface area contributed by atoms with Gasteiger partial charge >= 0.3 is 12.1 Å². The summed E-state index contributed by atoms with van der Waals surface area (Å²) in [5, 5.41) is 2.38. The van der Waals surface area contributed by atoms with Crippen LogP contribution >= 0.6 is 0 Å². The first-order valence-corrected chi connectivity index (χ1v) is 6.16. The second-order valence-electron chi connectivity index (χ2n) is 2.35. The van der Waals surface area contributed by atoms with Crippen LogP contribution in [0.5, 0.6) is 0 Å². The van der Waals surface area contributed by atoms with E-state index in [1.54, 1.807) is 13.8 Å². The van der Waals surface area contributed by atoms with E-state index in [0.29, 0.717) is 6.42 Å². The molecule has 0 aromatic heterocycles. The van der Waals surface area contributed by atoms with Gasteiger partial charge in [0.1, 0.15) is 6.04 Å². The number of amides is 1. The molecule has 0 bridgehead atoms. The fourth-order valence-corrected chi connectivity index (χ4v) is 0.785. The SMILES string of the molecule is CC.CC.CCOC(=O)NC(CC)C(=O)OC. The molecule has 0 aliphatic carbocycles. The minimum atomic E-state index is -0.621. The smallest absolute Gasteiger partial charge is 0.407 e. The van der Waals surface area contributed by atoms with E-state index in [2.05, 4.69) is 14.8 Å². The van der Waals surface area contributed by atoms with E-state index in [-0.39, 0.29) is 6.61 Å². The van der Waals surface area contributed by atoms with Crippen molar-refractivity contribution in [2.75, 3.05) is 13.7 Å². The lowest BCUT2D eigenvalue weighted by Gasteiger charge is -2.13. The molecular formula is C12H27NO4. The molecule has 0 radical (unpaired) electrons. The highest BCUT2D eigenvalue weighted by molar-refractivity contribution is 5.81. The van der Waals surface area contributed by atoms with E-state index in [4.69, 9.17) is 0 Å². The molecule has 1 amide bonds. The van der Waals surface area contributed by atoms with Crippen molar-refractivity contribution in [3.63, 3.8) is 0 Å². The van der Waals surface area contributed by atoms with Crippen LogP contribution in [0, 0.1) is 0 Å². The minimum Gasteiger partial charge on any atom is -0.467 e. The summed E-state index contributed by atoms with van der Waals surface area (Å²) in [6, 6.07) is -0.621. The van der Waals surface area contributed by atoms with E-state index >= 15 is 0 Å². The summed E-state index contributed by atoms with van der Waals surface area (Å²) in [5.41, 5.74) is 0. The molecule has 0 aliphatic rings. The zero-order valence-electron chi connectivity index (χ0n) is 12.1. The van der Waals surface area contributed by atoms with Gasteiger partial charge in [0.25, 0.3) is 0 Å². The Kier molecular flexibility index (Phi) is 21.2. The van der Waals surface area contributed by atoms with E-state index in [0.717, 1.165) is 0 Å². The number of hydrogen-bond donors (Lipinski definition) is 1. The Bertz CT molecular complexity index is 183. The Morgan fingerprint density at radius 3 is 1.88 bits per heavy atom. The monoisotopic (exact) mass is 249 g/mol. The van der Waals surface area contributed by atoms with Gasteiger partial charge in [-0.15, -0.1) is 0 Å². The summed E-state index contributed by atoms with van der Waals surface area (Å²) in [7, 11) is 1.28. The van der Waals surface area contributed by atoms with Crippen molar-refractivity contribution in [2.24, 2.45) is 0 Å². The van der Waals surface area contributed by atoms with Crippen molar-refractivity contribution in [1.29, 1.82) is 0 Å². The maximum absolute atomic E-state index is 11.0. The van der Waals surface area contributed by atoms with Gasteiger partial charge in [0.05, 0.1) is 13.7 Å². The molecule has 5 nitrogen and oxygen atoms in total. The van der Waals surface area contributed by atoms with Crippen LogP contribution in [0.4, 0.5) is 4.79 Å². The lowest BCUT2D eigenvalue weighted by Crippen LogP contribution is -2.41. The Hall–Kier alpha value is -1.26. The second-order valence-corrected chi connectivity index (χ2v) is 2.35. The Labute approximate surface area is 105 Å². The van der Waals surface area contributed by atoms with Crippen LogP contribution in [0.2, 0.25) is 0 Å². The third-order valence-electron chi connectivity index (χ3n) is 1.46. The quantitative estimate of drug-likeness (QED) is 0.778. The second kappa shape index (κ2) is 17.1. The molecule has 1 unspecified atom stereocenters. The van der Waals surface area contributed by atoms with E-state index in [1.807, 2.05) is 27.7 Å². The molecule has 0 aliphatic heterocycles. The molecule has 0 aromatic rings. The molecule has 0 saturated carbocycles. The molecule has 17 heavy (non-hydrogen) atoms. The van der Waals surface area contributed by atoms with Crippen LogP contribution in [0.25, 0.3) is 0 Å². The molecule has 1 atom stereocenters. The van der Waals surface area contributed by atoms with Gasteiger partial charge in [-0.1, -0.05) is 34.6 Å². The molecule has 0 saturated heterocycles. The van der Waals surface area contributed by atoms with Crippen LogP contribution in [-0.4, -0.2) is 31.8 Å². The largest absolute Gasteiger partial charge is 0.467 e. The van der Waals surface area contributed by atoms with E-state index in [1.165, 1.54) is 7.11 Å². The van der Waals surface area contributed by atoms with Gasteiger partial charge in [0.15, 0.2) is 0 Å². The van der Waals surface area contributed by atoms with E-state index < -0.39 is 18.1 Å². The summed E-state index contributed by atoms with van der Waals surface area (Å²) in [4.78, 5) is 21.9. The zero-order chi connectivity index (χ0) is 14.3. The highest BCUT2D eigenvalue weighted by Crippen LogP contribution is 1.94. The fraction of sp³-hybridized carbons (Fsp3) is 0.833. The van der Waals surface area contributed by atoms with Gasteiger partial charge in [-0.3, -0.25) is 0 Å². The van der Waals surface area contributed by atoms with Gasteiger partial charge in [-0.05, 0) is 13.3 Å². The highest BCUT2D eigenvalue weighted by Gasteiger charge is 2.19. The predicted molar refractivity (Wildman–Crippen MR) is 68.9 cm³/mol. The van der Waals surface area contributed by atoms with Gasteiger partial charge in [0, 0.05) is 0 Å². The van der Waals surface area contributed by atoms with Crippen molar-refractivity contribution < 1.29 is 19.1 Å². The summed E-state index contributed by atoms with van der Waals surface area (Å²) < 4.78 is 9.08. The van der Waals surface area contributed by atoms with Crippen LogP contribution in [-0.2, 0) is 14.3 Å². The normalized spacial score (nSPS) is 9.59. The molecule has 0 rings (SSSR count). The van der Waals surface area contributed by atoms with Crippen molar-refractivity contribution in [3.8, 4) is 0 Å². The Morgan fingerprint density at radius 1 is 1.12 bits per heavy atom. The van der Waals surface area contributed by atoms with Crippen molar-refractivity contribution in [2.45, 2.75) is 54.0 Å². The number of esters is 1. The lowest BCUT2D eigenvalue weighted by molar-refractivity contribution is -0.143. The maximum atomic E-state index is 11.0. The van der Waals surface area contributed by atoms with E-state index in [9.17, 15) is 9.59 Å². The van der Waals surface area contributed by atoms with Gasteiger partial charge in [-0.25, -0.2) is 9.59 Å². The zero-order valence-corrected chi connectivity index (χ0v) is 12.1. The topological polar surface area (TPSA) is 64.6 Å². The molecule has 1 N–H and O–H groups in total. The Balaban J connectivity index is -0.000000439. The molecule has 104 valence electrons. The summed E-state index contributed by atoms with van der Waals surface area (Å²) in [6.45, 7) is 11.7. The highest BCUT2D eigenvalue weighted by atomic mass is 16.6. The van der Waals surface area contributed by atoms with Crippen molar-refractivity contribution >= 4 is 12.1 Å². The average Bonchev–Trinajstić information content (AvgIpc) is 2.40. The number of ether oxygens (including phenoxy) is 2. The lowest BCUT2D eigenvalue weighted by atomic mass is 10.2. The molecule has 0 fully saturated rings. The van der Waals surface area contributed by atoms with Crippen LogP contribution in [0.3, 0.4) is 0 Å². The number of hydrogen-bond acceptors (Lipinski definition) is 4. The first-order chi connectivity index (χ1) is 8.15. The van der Waals surface area contributed by atoms with Crippen LogP contribution in [0.15, 0.2) is 0 Å². The number of nitrogens with one attached hydrogen (secondary N) is 1. The molecule has 0 aromatic carbocycles. The number of rotatable bonds is 4. The fourth-order valence-electron chi connectivity index (χ4n) is 0.785. The molecular weight excluding hydrogens is 222 g/mol. The van der Waals surface area contributed by atoms with Crippen molar-refractivity contribution in [1.82, 2.24) is 5.32 Å². The predicted octanol–water partition coefficient (Wildman–Crippen LogP) is 2.74. The third-order valence-corrected chi connectivity index (χ3v) is 1.46. The Morgan fingerprint density at radius 2 is 1.59 bits per heavy atom. The molecule has 5 heteroatoms. The first kappa shape index (κ1) is 21.1.